The molecular formula is C11H12ClN3O. The molecular weight excluding hydrogens is 226 g/mol. The highest BCUT2D eigenvalue weighted by molar-refractivity contribution is 6.31. The van der Waals surface area contributed by atoms with E-state index >= 15 is 0 Å². The van der Waals surface area contributed by atoms with Crippen LogP contribution >= 0.6 is 11.6 Å². The lowest BCUT2D eigenvalue weighted by molar-refractivity contribution is 0.0239. The summed E-state index contributed by atoms with van der Waals surface area (Å²) in [5.41, 5.74) is 1.64. The van der Waals surface area contributed by atoms with Crippen molar-refractivity contribution in [2.24, 2.45) is 0 Å². The number of halogens is 1. The van der Waals surface area contributed by atoms with Gasteiger partial charge in [0.1, 0.15) is 17.1 Å². The Morgan fingerprint density at radius 3 is 2.94 bits per heavy atom. The van der Waals surface area contributed by atoms with Gasteiger partial charge in [-0.25, -0.2) is 0 Å². The zero-order valence-electron chi connectivity index (χ0n) is 8.77. The van der Waals surface area contributed by atoms with E-state index in [1.165, 1.54) is 17.7 Å². The van der Waals surface area contributed by atoms with Gasteiger partial charge in [0.15, 0.2) is 0 Å². The van der Waals surface area contributed by atoms with Gasteiger partial charge in [-0.15, -0.1) is 5.10 Å². The quantitative estimate of drug-likeness (QED) is 0.806. The number of hydrogen-bond donors (Lipinski definition) is 0. The summed E-state index contributed by atoms with van der Waals surface area (Å²) in [6, 6.07) is 5.49. The van der Waals surface area contributed by atoms with Crippen molar-refractivity contribution in [1.82, 2.24) is 15.2 Å². The van der Waals surface area contributed by atoms with Crippen LogP contribution in [0, 0.1) is 0 Å². The summed E-state index contributed by atoms with van der Waals surface area (Å²) in [4.78, 5) is 7.28. The van der Waals surface area contributed by atoms with Crippen molar-refractivity contribution in [1.29, 1.82) is 0 Å². The third kappa shape index (κ3) is 1.73. The molecule has 1 aromatic carbocycles. The Hall–Kier alpha value is -1.29. The van der Waals surface area contributed by atoms with Crippen LogP contribution in [0.4, 0.5) is 0 Å². The third-order valence-electron chi connectivity index (χ3n) is 2.93. The molecule has 3 rings (SSSR count). The van der Waals surface area contributed by atoms with Crippen molar-refractivity contribution in [3.05, 3.63) is 23.2 Å². The van der Waals surface area contributed by atoms with Crippen LogP contribution in [0.15, 0.2) is 18.2 Å². The van der Waals surface area contributed by atoms with Crippen LogP contribution in [-0.2, 0) is 0 Å². The number of fused-ring (bicyclic) bond motifs is 1. The molecule has 84 valence electrons. The smallest absolute Gasteiger partial charge is 0.130 e. The van der Waals surface area contributed by atoms with Crippen LogP contribution in [0.3, 0.4) is 0 Å². The Morgan fingerprint density at radius 2 is 2.12 bits per heavy atom. The van der Waals surface area contributed by atoms with Crippen molar-refractivity contribution in [2.75, 3.05) is 0 Å². The molecule has 0 amide bonds. The SMILES string of the molecule is Clc1ccc2c(c1)nnn2OC1CCCC1. The van der Waals surface area contributed by atoms with Gasteiger partial charge in [-0.2, -0.15) is 0 Å². The highest BCUT2D eigenvalue weighted by Gasteiger charge is 2.18. The van der Waals surface area contributed by atoms with E-state index in [2.05, 4.69) is 10.3 Å². The molecule has 0 bridgehead atoms. The summed E-state index contributed by atoms with van der Waals surface area (Å²) in [5, 5.41) is 8.68. The lowest BCUT2D eigenvalue weighted by atomic mass is 10.3. The van der Waals surface area contributed by atoms with Crippen molar-refractivity contribution >= 4 is 22.6 Å². The fourth-order valence-electron chi connectivity index (χ4n) is 2.09. The van der Waals surface area contributed by atoms with Gasteiger partial charge in [0.05, 0.1) is 0 Å². The van der Waals surface area contributed by atoms with Gasteiger partial charge in [-0.05, 0) is 49.1 Å². The first kappa shape index (κ1) is 9.90. The van der Waals surface area contributed by atoms with Crippen LogP contribution in [0.25, 0.3) is 11.0 Å². The van der Waals surface area contributed by atoms with E-state index in [-0.39, 0.29) is 6.10 Å². The number of aromatic nitrogens is 3. The maximum Gasteiger partial charge on any atom is 0.130 e. The first-order valence-electron chi connectivity index (χ1n) is 5.51. The third-order valence-corrected chi connectivity index (χ3v) is 3.16. The van der Waals surface area contributed by atoms with E-state index in [1.807, 2.05) is 12.1 Å². The van der Waals surface area contributed by atoms with Crippen LogP contribution in [-0.4, -0.2) is 21.3 Å². The molecule has 16 heavy (non-hydrogen) atoms. The second kappa shape index (κ2) is 3.94. The molecule has 5 heteroatoms. The summed E-state index contributed by atoms with van der Waals surface area (Å²) in [5.74, 6) is 0. The molecule has 0 aliphatic heterocycles. The lowest BCUT2D eigenvalue weighted by Gasteiger charge is -2.11. The Balaban J connectivity index is 1.91. The average Bonchev–Trinajstić information content (AvgIpc) is 2.89. The van der Waals surface area contributed by atoms with Gasteiger partial charge in [-0.3, -0.25) is 0 Å². The Kier molecular flexibility index (Phi) is 2.44. The Bertz CT molecular complexity index is 505. The van der Waals surface area contributed by atoms with Gasteiger partial charge in [-0.1, -0.05) is 16.4 Å². The fraction of sp³-hybridized carbons (Fsp3) is 0.455. The van der Waals surface area contributed by atoms with E-state index < -0.39 is 0 Å². The average molecular weight is 238 g/mol. The predicted octanol–water partition coefficient (Wildman–Crippen LogP) is 2.46. The molecule has 1 heterocycles. The molecule has 0 spiro atoms. The first-order valence-corrected chi connectivity index (χ1v) is 5.89. The minimum Gasteiger partial charge on any atom is -0.392 e. The monoisotopic (exact) mass is 237 g/mol. The standard InChI is InChI=1S/C11H12ClN3O/c12-8-5-6-11-10(7-8)13-14-15(11)16-9-3-1-2-4-9/h5-7,9H,1-4H2. The highest BCUT2D eigenvalue weighted by atomic mass is 35.5. The van der Waals surface area contributed by atoms with Gasteiger partial charge < -0.3 is 4.84 Å². The van der Waals surface area contributed by atoms with E-state index in [4.69, 9.17) is 16.4 Å². The van der Waals surface area contributed by atoms with Gasteiger partial charge in [0.25, 0.3) is 0 Å². The number of nitrogens with zero attached hydrogens (tertiary/aromatic N) is 3. The highest BCUT2D eigenvalue weighted by Crippen LogP contribution is 2.21. The topological polar surface area (TPSA) is 39.9 Å². The zero-order valence-corrected chi connectivity index (χ0v) is 9.52. The van der Waals surface area contributed by atoms with E-state index in [0.717, 1.165) is 23.9 Å². The zero-order chi connectivity index (χ0) is 11.0. The van der Waals surface area contributed by atoms with Crippen LogP contribution in [0.1, 0.15) is 25.7 Å². The Morgan fingerprint density at radius 1 is 1.31 bits per heavy atom. The van der Waals surface area contributed by atoms with Crippen LogP contribution in [0.5, 0.6) is 0 Å². The maximum absolute atomic E-state index is 5.88. The molecule has 1 fully saturated rings. The molecule has 1 saturated carbocycles. The second-order valence-corrected chi connectivity index (χ2v) is 4.54. The summed E-state index contributed by atoms with van der Waals surface area (Å²) in [6.07, 6.45) is 4.97. The molecule has 0 saturated heterocycles. The lowest BCUT2D eigenvalue weighted by Crippen LogP contribution is -2.23. The molecule has 0 atom stereocenters. The van der Waals surface area contributed by atoms with E-state index in [0.29, 0.717) is 5.02 Å². The minimum atomic E-state index is 0.278. The van der Waals surface area contributed by atoms with Gasteiger partial charge >= 0.3 is 0 Å². The molecule has 0 radical (unpaired) electrons. The molecule has 0 unspecified atom stereocenters. The number of rotatable bonds is 2. The Labute approximate surface area is 98.1 Å². The minimum absolute atomic E-state index is 0.278. The molecule has 2 aromatic rings. The second-order valence-electron chi connectivity index (χ2n) is 4.11. The normalized spacial score (nSPS) is 17.1. The number of hydrogen-bond acceptors (Lipinski definition) is 3. The maximum atomic E-state index is 5.88. The molecule has 1 aromatic heterocycles. The van der Waals surface area contributed by atoms with Gasteiger partial charge in [0.2, 0.25) is 0 Å². The van der Waals surface area contributed by atoms with Crippen molar-refractivity contribution < 1.29 is 4.84 Å². The largest absolute Gasteiger partial charge is 0.392 e. The van der Waals surface area contributed by atoms with Crippen molar-refractivity contribution in [3.63, 3.8) is 0 Å². The predicted molar refractivity (Wildman–Crippen MR) is 61.4 cm³/mol. The summed E-state index contributed by atoms with van der Waals surface area (Å²) >= 11 is 5.88. The van der Waals surface area contributed by atoms with Crippen molar-refractivity contribution in [2.45, 2.75) is 31.8 Å². The van der Waals surface area contributed by atoms with Crippen molar-refractivity contribution in [3.8, 4) is 0 Å². The first-order chi connectivity index (χ1) is 7.83. The van der Waals surface area contributed by atoms with Crippen LogP contribution < -0.4 is 4.84 Å². The summed E-state index contributed by atoms with van der Waals surface area (Å²) < 4.78 is 0. The van der Waals surface area contributed by atoms with E-state index in [1.54, 1.807) is 6.07 Å². The molecule has 0 N–H and O–H groups in total. The number of benzene rings is 1. The van der Waals surface area contributed by atoms with Gasteiger partial charge in [0, 0.05) is 5.02 Å². The summed E-state index contributed by atoms with van der Waals surface area (Å²) in [7, 11) is 0. The van der Waals surface area contributed by atoms with E-state index in [9.17, 15) is 0 Å². The fourth-order valence-corrected chi connectivity index (χ4v) is 2.25. The summed E-state index contributed by atoms with van der Waals surface area (Å²) in [6.45, 7) is 0. The van der Waals surface area contributed by atoms with Crippen LogP contribution in [0.2, 0.25) is 5.02 Å². The molecule has 1 aliphatic rings. The molecule has 1 aliphatic carbocycles. The molecule has 4 nitrogen and oxygen atoms in total.